The highest BCUT2D eigenvalue weighted by molar-refractivity contribution is 5.61. The number of aryl methyl sites for hydroxylation is 1. The van der Waals surface area contributed by atoms with Crippen LogP contribution in [0.25, 0.3) is 0 Å². The maximum atomic E-state index is 5.67. The van der Waals surface area contributed by atoms with Gasteiger partial charge in [-0.2, -0.15) is 0 Å². The lowest BCUT2D eigenvalue weighted by atomic mass is 10.4. The van der Waals surface area contributed by atoms with E-state index < -0.39 is 0 Å². The van der Waals surface area contributed by atoms with Gasteiger partial charge in [-0.3, -0.25) is 4.68 Å². The molecule has 0 radical (unpaired) electrons. The van der Waals surface area contributed by atoms with Gasteiger partial charge in [-0.15, -0.1) is 5.10 Å². The zero-order valence-electron chi connectivity index (χ0n) is 10.1. The van der Waals surface area contributed by atoms with E-state index in [2.05, 4.69) is 25.6 Å². The van der Waals surface area contributed by atoms with Gasteiger partial charge in [-0.25, -0.2) is 9.97 Å². The monoisotopic (exact) mass is 249 g/mol. The number of nitrogens with one attached hydrogen (secondary N) is 1. The molecule has 96 valence electrons. The fourth-order valence-electron chi connectivity index (χ4n) is 1.51. The summed E-state index contributed by atoms with van der Waals surface area (Å²) in [4.78, 5) is 7.94. The van der Waals surface area contributed by atoms with Crippen LogP contribution in [0.5, 0.6) is 5.75 Å². The highest BCUT2D eigenvalue weighted by Gasteiger charge is 2.08. The highest BCUT2D eigenvalue weighted by atomic mass is 16.5. The summed E-state index contributed by atoms with van der Waals surface area (Å²) in [5.41, 5.74) is 5.67. The molecule has 0 atom stereocenters. The molecule has 0 bridgehead atoms. The Hall–Kier alpha value is -2.38. The summed E-state index contributed by atoms with van der Waals surface area (Å²) in [6, 6.07) is 0. The Morgan fingerprint density at radius 1 is 1.44 bits per heavy atom. The summed E-state index contributed by atoms with van der Waals surface area (Å²) >= 11 is 0. The van der Waals surface area contributed by atoms with Crippen LogP contribution in [0.2, 0.25) is 0 Å². The van der Waals surface area contributed by atoms with Crippen LogP contribution in [0.4, 0.5) is 11.6 Å². The lowest BCUT2D eigenvalue weighted by Gasteiger charge is -2.10. The minimum atomic E-state index is 0.325. The molecular weight excluding hydrogens is 234 g/mol. The molecule has 0 aliphatic rings. The molecule has 0 spiro atoms. The Labute approximate surface area is 104 Å². The average Bonchev–Trinajstić information content (AvgIpc) is 2.88. The molecule has 2 rings (SSSR count). The number of rotatable bonds is 6. The third-order valence-corrected chi connectivity index (χ3v) is 2.36. The summed E-state index contributed by atoms with van der Waals surface area (Å²) in [6.45, 7) is 1.52. The lowest BCUT2D eigenvalue weighted by Crippen LogP contribution is -2.10. The summed E-state index contributed by atoms with van der Waals surface area (Å²) in [6.07, 6.45) is 5.76. The predicted octanol–water partition coefficient (Wildman–Crippen LogP) is 0.161. The summed E-state index contributed by atoms with van der Waals surface area (Å²) in [5.74, 6) is 1.40. The topological polar surface area (TPSA) is 104 Å². The SMILES string of the molecule is COc1c(N)ncnc1NCCCn1ccnn1. The Morgan fingerprint density at radius 2 is 2.33 bits per heavy atom. The van der Waals surface area contributed by atoms with Crippen molar-refractivity contribution < 1.29 is 4.74 Å². The van der Waals surface area contributed by atoms with Crippen LogP contribution in [0.15, 0.2) is 18.7 Å². The number of methoxy groups -OCH3 is 1. The molecule has 0 saturated carbocycles. The van der Waals surface area contributed by atoms with E-state index in [0.717, 1.165) is 19.5 Å². The molecule has 8 nitrogen and oxygen atoms in total. The van der Waals surface area contributed by atoms with Gasteiger partial charge < -0.3 is 15.8 Å². The van der Waals surface area contributed by atoms with Crippen LogP contribution >= 0.6 is 0 Å². The van der Waals surface area contributed by atoms with Crippen molar-refractivity contribution in [2.45, 2.75) is 13.0 Å². The maximum absolute atomic E-state index is 5.67. The zero-order chi connectivity index (χ0) is 12.8. The molecule has 2 heterocycles. The molecule has 0 amide bonds. The van der Waals surface area contributed by atoms with Crippen LogP contribution in [0.3, 0.4) is 0 Å². The molecule has 18 heavy (non-hydrogen) atoms. The molecule has 0 aromatic carbocycles. The number of hydrogen-bond acceptors (Lipinski definition) is 7. The van der Waals surface area contributed by atoms with Crippen molar-refractivity contribution in [3.8, 4) is 5.75 Å². The fourth-order valence-corrected chi connectivity index (χ4v) is 1.51. The number of anilines is 2. The smallest absolute Gasteiger partial charge is 0.203 e. The van der Waals surface area contributed by atoms with Crippen molar-refractivity contribution >= 4 is 11.6 Å². The first kappa shape index (κ1) is 12.1. The third-order valence-electron chi connectivity index (χ3n) is 2.36. The van der Waals surface area contributed by atoms with Crippen molar-refractivity contribution in [3.63, 3.8) is 0 Å². The Bertz CT molecular complexity index is 485. The Morgan fingerprint density at radius 3 is 3.06 bits per heavy atom. The third kappa shape index (κ3) is 2.84. The van der Waals surface area contributed by atoms with Crippen LogP contribution in [0, 0.1) is 0 Å². The van der Waals surface area contributed by atoms with E-state index in [9.17, 15) is 0 Å². The minimum Gasteiger partial charge on any atom is -0.490 e. The maximum Gasteiger partial charge on any atom is 0.203 e. The van der Waals surface area contributed by atoms with E-state index in [4.69, 9.17) is 10.5 Å². The number of aromatic nitrogens is 5. The standard InChI is InChI=1S/C10H15N7O/c1-18-8-9(11)13-7-14-10(8)12-3-2-5-17-6-4-15-16-17/h4,6-7H,2-3,5H2,1H3,(H3,11,12,13,14). The molecule has 8 heteroatoms. The van der Waals surface area contributed by atoms with Crippen LogP contribution < -0.4 is 15.8 Å². The molecular formula is C10H15N7O. The van der Waals surface area contributed by atoms with E-state index >= 15 is 0 Å². The molecule has 2 aromatic rings. The number of nitrogen functional groups attached to an aromatic ring is 1. The van der Waals surface area contributed by atoms with Crippen molar-refractivity contribution in [1.29, 1.82) is 0 Å². The lowest BCUT2D eigenvalue weighted by molar-refractivity contribution is 0.415. The van der Waals surface area contributed by atoms with Gasteiger partial charge in [0.2, 0.25) is 5.75 Å². The Balaban J connectivity index is 1.85. The van der Waals surface area contributed by atoms with Crippen LogP contribution in [-0.4, -0.2) is 38.6 Å². The van der Waals surface area contributed by atoms with E-state index in [0.29, 0.717) is 17.4 Å². The van der Waals surface area contributed by atoms with Crippen molar-refractivity contribution in [1.82, 2.24) is 25.0 Å². The second-order valence-corrected chi connectivity index (χ2v) is 3.59. The van der Waals surface area contributed by atoms with E-state index in [1.807, 2.05) is 6.20 Å². The zero-order valence-corrected chi connectivity index (χ0v) is 10.1. The summed E-state index contributed by atoms with van der Waals surface area (Å²) in [7, 11) is 1.54. The molecule has 3 N–H and O–H groups in total. The van der Waals surface area contributed by atoms with Gasteiger partial charge in [0.1, 0.15) is 6.33 Å². The quantitative estimate of drug-likeness (QED) is 0.703. The van der Waals surface area contributed by atoms with E-state index in [1.54, 1.807) is 10.9 Å². The molecule has 0 aliphatic carbocycles. The van der Waals surface area contributed by atoms with Gasteiger partial charge in [0, 0.05) is 19.3 Å². The first-order valence-corrected chi connectivity index (χ1v) is 5.53. The van der Waals surface area contributed by atoms with Crippen LogP contribution in [-0.2, 0) is 6.54 Å². The predicted molar refractivity (Wildman–Crippen MR) is 66.1 cm³/mol. The van der Waals surface area contributed by atoms with Gasteiger partial charge in [0.25, 0.3) is 0 Å². The first-order valence-electron chi connectivity index (χ1n) is 5.53. The van der Waals surface area contributed by atoms with Gasteiger partial charge in [0.15, 0.2) is 11.6 Å². The van der Waals surface area contributed by atoms with E-state index in [1.165, 1.54) is 13.4 Å². The second kappa shape index (κ2) is 5.80. The number of nitrogens with two attached hydrogens (primary N) is 1. The van der Waals surface area contributed by atoms with Gasteiger partial charge in [0.05, 0.1) is 13.3 Å². The largest absolute Gasteiger partial charge is 0.490 e. The molecule has 2 aromatic heterocycles. The summed E-state index contributed by atoms with van der Waals surface area (Å²) in [5, 5.41) is 10.8. The molecule has 0 unspecified atom stereocenters. The normalized spacial score (nSPS) is 10.3. The number of nitrogens with zero attached hydrogens (tertiary/aromatic N) is 5. The number of ether oxygens (including phenoxy) is 1. The Kier molecular flexibility index (Phi) is 3.90. The molecule has 0 saturated heterocycles. The molecule has 0 fully saturated rings. The van der Waals surface area contributed by atoms with Crippen LogP contribution in [0.1, 0.15) is 6.42 Å². The van der Waals surface area contributed by atoms with Gasteiger partial charge in [-0.1, -0.05) is 5.21 Å². The van der Waals surface area contributed by atoms with Crippen molar-refractivity contribution in [2.24, 2.45) is 0 Å². The summed E-state index contributed by atoms with van der Waals surface area (Å²) < 4.78 is 6.91. The fraction of sp³-hybridized carbons (Fsp3) is 0.400. The van der Waals surface area contributed by atoms with E-state index in [-0.39, 0.29) is 0 Å². The second-order valence-electron chi connectivity index (χ2n) is 3.59. The minimum absolute atomic E-state index is 0.325. The van der Waals surface area contributed by atoms with Gasteiger partial charge >= 0.3 is 0 Å². The average molecular weight is 249 g/mol. The van der Waals surface area contributed by atoms with Gasteiger partial charge in [-0.05, 0) is 6.42 Å². The first-order chi connectivity index (χ1) is 8.81. The van der Waals surface area contributed by atoms with Crippen molar-refractivity contribution in [2.75, 3.05) is 24.7 Å². The molecule has 0 aliphatic heterocycles. The van der Waals surface area contributed by atoms with Crippen molar-refractivity contribution in [3.05, 3.63) is 18.7 Å². The number of hydrogen-bond donors (Lipinski definition) is 2. The highest BCUT2D eigenvalue weighted by Crippen LogP contribution is 2.25.